The number of nitrogens with zero attached hydrogens (tertiary/aromatic N) is 6. The molecule has 0 amide bonds. The Hall–Kier alpha value is -7.05. The van der Waals surface area contributed by atoms with E-state index < -0.39 is 0 Å². The van der Waals surface area contributed by atoms with Crippen molar-refractivity contribution in [1.82, 2.24) is 28.7 Å². The predicted octanol–water partition coefficient (Wildman–Crippen LogP) is 14.9. The van der Waals surface area contributed by atoms with Gasteiger partial charge in [-0.1, -0.05) is 136 Å². The molecule has 306 valence electrons. The highest BCUT2D eigenvalue weighted by atomic mass is 15.3. The zero-order valence-corrected chi connectivity index (χ0v) is 35.4. The molecule has 4 heterocycles. The fourth-order valence-corrected chi connectivity index (χ4v) is 11.4. The van der Waals surface area contributed by atoms with Crippen molar-refractivity contribution in [3.05, 3.63) is 169 Å². The lowest BCUT2D eigenvalue weighted by molar-refractivity contribution is 0.444. The average Bonchev–Trinajstić information content (AvgIpc) is 3.99. The average molecular weight is 817 g/mol. The number of para-hydroxylation sites is 3. The molecule has 2 aliphatic rings. The molecule has 13 rings (SSSR count). The van der Waals surface area contributed by atoms with Gasteiger partial charge in [0.15, 0.2) is 5.82 Å². The van der Waals surface area contributed by atoms with Gasteiger partial charge in [-0.25, -0.2) is 0 Å². The minimum Gasteiger partial charge on any atom is -0.309 e. The lowest BCUT2D eigenvalue weighted by Gasteiger charge is -2.22. The maximum Gasteiger partial charge on any atom is 0.240 e. The lowest BCUT2D eigenvalue weighted by atomic mass is 9.83. The third-order valence-corrected chi connectivity index (χ3v) is 14.5. The van der Waals surface area contributed by atoms with Crippen LogP contribution in [0.4, 0.5) is 0 Å². The van der Waals surface area contributed by atoms with Gasteiger partial charge in [-0.05, 0) is 109 Å². The van der Waals surface area contributed by atoms with Crippen LogP contribution in [0.3, 0.4) is 0 Å². The Bertz CT molecular complexity index is 3470. The van der Waals surface area contributed by atoms with Gasteiger partial charge < -0.3 is 4.57 Å². The summed E-state index contributed by atoms with van der Waals surface area (Å²) in [6.07, 6.45) is 13.0. The van der Waals surface area contributed by atoms with Crippen molar-refractivity contribution >= 4 is 65.4 Å². The van der Waals surface area contributed by atoms with E-state index in [1.54, 1.807) is 0 Å². The summed E-state index contributed by atoms with van der Waals surface area (Å²) in [6.45, 7) is 0. The number of fused-ring (bicyclic) bond motifs is 9. The predicted molar refractivity (Wildman–Crippen MR) is 260 cm³/mol. The summed E-state index contributed by atoms with van der Waals surface area (Å²) in [7, 11) is 0. The molecule has 0 unspecified atom stereocenters. The second-order valence-corrected chi connectivity index (χ2v) is 18.1. The number of hydrogen-bond donors (Lipinski definition) is 0. The molecule has 11 aromatic rings. The fraction of sp³-hybridized carbons (Fsp3) is 0.211. The summed E-state index contributed by atoms with van der Waals surface area (Å²) >= 11 is 0. The van der Waals surface area contributed by atoms with E-state index in [0.717, 1.165) is 33.3 Å². The van der Waals surface area contributed by atoms with Crippen LogP contribution in [-0.4, -0.2) is 28.7 Å². The molecule has 0 radical (unpaired) electrons. The van der Waals surface area contributed by atoms with E-state index in [2.05, 4.69) is 165 Å². The highest BCUT2D eigenvalue weighted by Crippen LogP contribution is 2.43. The monoisotopic (exact) mass is 816 g/mol. The van der Waals surface area contributed by atoms with E-state index in [-0.39, 0.29) is 0 Å². The highest BCUT2D eigenvalue weighted by Gasteiger charge is 2.25. The molecule has 0 bridgehead atoms. The zero-order chi connectivity index (χ0) is 41.4. The van der Waals surface area contributed by atoms with Gasteiger partial charge in [0.05, 0.1) is 33.1 Å². The van der Waals surface area contributed by atoms with Gasteiger partial charge in [-0.2, -0.15) is 15.0 Å². The summed E-state index contributed by atoms with van der Waals surface area (Å²) in [6, 6.07) is 57.9. The third kappa shape index (κ3) is 5.95. The Morgan fingerprint density at radius 3 is 1.35 bits per heavy atom. The maximum absolute atomic E-state index is 5.52. The quantitative estimate of drug-likeness (QED) is 0.168. The molecule has 2 saturated carbocycles. The smallest absolute Gasteiger partial charge is 0.240 e. The number of rotatable bonds is 6. The Morgan fingerprint density at radius 1 is 0.333 bits per heavy atom. The Morgan fingerprint density at radius 2 is 0.778 bits per heavy atom. The van der Waals surface area contributed by atoms with Crippen LogP contribution in [0.25, 0.3) is 94.4 Å². The minimum absolute atomic E-state index is 0.576. The first kappa shape index (κ1) is 36.6. The van der Waals surface area contributed by atoms with Gasteiger partial charge in [0, 0.05) is 43.6 Å². The molecule has 0 aliphatic heterocycles. The molecule has 6 nitrogen and oxygen atoms in total. The maximum atomic E-state index is 5.52. The standard InChI is InChI=1S/C57H48N6/c1-5-17-37(18-6-1)40-29-31-51-45(33-40)47-35-48-46-34-41(38-19-7-2-8-20-38)30-32-52(46)63(54(48)36-53(47)61(51)42-23-11-4-12-24-42)57-59-55(39-21-9-3-10-22-39)58-56(60-57)62-49-27-15-13-25-43(49)44-26-14-16-28-50(44)62/h3-4,9-16,21-38H,1-2,5-8,17-20H2. The molecule has 0 spiro atoms. The molecule has 63 heavy (non-hydrogen) atoms. The van der Waals surface area contributed by atoms with Crippen molar-refractivity contribution < 1.29 is 0 Å². The summed E-state index contributed by atoms with van der Waals surface area (Å²) in [5.74, 6) is 3.04. The molecular formula is C57H48N6. The molecule has 6 heteroatoms. The summed E-state index contributed by atoms with van der Waals surface area (Å²) in [5.41, 5.74) is 11.8. The van der Waals surface area contributed by atoms with Gasteiger partial charge in [0.25, 0.3) is 0 Å². The van der Waals surface area contributed by atoms with Crippen molar-refractivity contribution in [3.8, 4) is 29.0 Å². The van der Waals surface area contributed by atoms with E-state index in [1.807, 2.05) is 6.07 Å². The van der Waals surface area contributed by atoms with Crippen molar-refractivity contribution in [2.45, 2.75) is 76.0 Å². The first-order valence-electron chi connectivity index (χ1n) is 23.2. The third-order valence-electron chi connectivity index (χ3n) is 14.5. The first-order chi connectivity index (χ1) is 31.2. The van der Waals surface area contributed by atoms with Crippen molar-refractivity contribution in [3.63, 3.8) is 0 Å². The number of benzene rings is 7. The van der Waals surface area contributed by atoms with E-state index >= 15 is 0 Å². The second-order valence-electron chi connectivity index (χ2n) is 18.1. The molecule has 4 aromatic heterocycles. The molecule has 2 fully saturated rings. The second kappa shape index (κ2) is 14.8. The largest absolute Gasteiger partial charge is 0.309 e. The van der Waals surface area contributed by atoms with Crippen LogP contribution in [0, 0.1) is 0 Å². The zero-order valence-electron chi connectivity index (χ0n) is 35.4. The Balaban J connectivity index is 1.14. The molecule has 0 N–H and O–H groups in total. The van der Waals surface area contributed by atoms with E-state index in [1.165, 1.54) is 119 Å². The normalized spacial score (nSPS) is 15.5. The van der Waals surface area contributed by atoms with Gasteiger partial charge in [-0.15, -0.1) is 0 Å². The minimum atomic E-state index is 0.576. The van der Waals surface area contributed by atoms with Crippen LogP contribution in [-0.2, 0) is 0 Å². The lowest BCUT2D eigenvalue weighted by Crippen LogP contribution is -2.10. The first-order valence-corrected chi connectivity index (χ1v) is 23.2. The molecule has 2 aliphatic carbocycles. The summed E-state index contributed by atoms with van der Waals surface area (Å²) < 4.78 is 7.00. The van der Waals surface area contributed by atoms with Gasteiger partial charge in [0.1, 0.15) is 0 Å². The van der Waals surface area contributed by atoms with E-state index in [9.17, 15) is 0 Å². The molecule has 0 saturated heterocycles. The van der Waals surface area contributed by atoms with Gasteiger partial charge >= 0.3 is 0 Å². The Kier molecular flexibility index (Phi) is 8.60. The van der Waals surface area contributed by atoms with E-state index in [4.69, 9.17) is 15.0 Å². The van der Waals surface area contributed by atoms with Crippen molar-refractivity contribution in [2.75, 3.05) is 0 Å². The van der Waals surface area contributed by atoms with E-state index in [0.29, 0.717) is 29.6 Å². The van der Waals surface area contributed by atoms with Crippen LogP contribution >= 0.6 is 0 Å². The number of aromatic nitrogens is 6. The van der Waals surface area contributed by atoms with Crippen LogP contribution in [0.2, 0.25) is 0 Å². The van der Waals surface area contributed by atoms with Crippen LogP contribution < -0.4 is 0 Å². The highest BCUT2D eigenvalue weighted by molar-refractivity contribution is 6.19. The van der Waals surface area contributed by atoms with Crippen molar-refractivity contribution in [2.24, 2.45) is 0 Å². The van der Waals surface area contributed by atoms with Crippen molar-refractivity contribution in [1.29, 1.82) is 0 Å². The van der Waals surface area contributed by atoms with Crippen LogP contribution in [0.15, 0.2) is 158 Å². The van der Waals surface area contributed by atoms with Crippen LogP contribution in [0.1, 0.15) is 87.2 Å². The molecular weight excluding hydrogens is 769 g/mol. The van der Waals surface area contributed by atoms with Gasteiger partial charge in [0.2, 0.25) is 11.9 Å². The Labute approximate surface area is 366 Å². The summed E-state index contributed by atoms with van der Waals surface area (Å²) in [5, 5.41) is 7.43. The topological polar surface area (TPSA) is 53.5 Å². The molecule has 0 atom stereocenters. The number of hydrogen-bond acceptors (Lipinski definition) is 3. The fourth-order valence-electron chi connectivity index (χ4n) is 11.4. The van der Waals surface area contributed by atoms with Gasteiger partial charge in [-0.3, -0.25) is 9.13 Å². The molecule has 7 aromatic carbocycles. The summed E-state index contributed by atoms with van der Waals surface area (Å²) in [4.78, 5) is 16.2. The SMILES string of the molecule is c1ccc(-c2nc(-n3c4ccccc4c4ccccc43)nc(-n3c4ccc(C5CCCCC5)cc4c4cc5c6cc(C7CCCCC7)ccc6n(-c6ccccc6)c5cc43)n2)cc1. The van der Waals surface area contributed by atoms with Crippen LogP contribution in [0.5, 0.6) is 0 Å².